The van der Waals surface area contributed by atoms with Gasteiger partial charge in [0.1, 0.15) is 5.51 Å². The zero-order valence-corrected chi connectivity index (χ0v) is 15.2. The van der Waals surface area contributed by atoms with Crippen LogP contribution < -0.4 is 10.6 Å². The van der Waals surface area contributed by atoms with E-state index in [-0.39, 0.29) is 12.1 Å². The van der Waals surface area contributed by atoms with Crippen molar-refractivity contribution < 1.29 is 4.79 Å². The molecule has 1 aromatic carbocycles. The zero-order chi connectivity index (χ0) is 17.1. The average molecular weight is 371 g/mol. The predicted octanol–water partition coefficient (Wildman–Crippen LogP) is 4.39. The molecule has 0 bridgehead atoms. The van der Waals surface area contributed by atoms with E-state index < -0.39 is 0 Å². The Hall–Kier alpha value is -2.25. The Balaban J connectivity index is 1.59. The number of aromatic nitrogens is 2. The van der Waals surface area contributed by atoms with Gasteiger partial charge in [-0.25, -0.2) is 4.79 Å². The number of urea groups is 1. The van der Waals surface area contributed by atoms with Gasteiger partial charge in [0.05, 0.1) is 6.04 Å². The molecule has 128 valence electrons. The number of fused-ring (bicyclic) bond motifs is 1. The van der Waals surface area contributed by atoms with E-state index in [2.05, 4.69) is 45.1 Å². The Kier molecular flexibility index (Phi) is 4.76. The number of carbonyl (C=O) groups is 1. The van der Waals surface area contributed by atoms with Gasteiger partial charge in [0.25, 0.3) is 0 Å². The summed E-state index contributed by atoms with van der Waals surface area (Å²) in [7, 11) is 0. The number of anilines is 1. The summed E-state index contributed by atoms with van der Waals surface area (Å²) >= 11 is 2.94. The number of hydrogen-bond donors (Lipinski definition) is 2. The quantitative estimate of drug-likeness (QED) is 0.716. The molecular formula is C18H18N4OS2. The van der Waals surface area contributed by atoms with E-state index in [1.54, 1.807) is 16.8 Å². The fraction of sp³-hybridized carbons (Fsp3) is 0.278. The molecule has 0 saturated carbocycles. The Morgan fingerprint density at radius 1 is 1.12 bits per heavy atom. The summed E-state index contributed by atoms with van der Waals surface area (Å²) in [6.45, 7) is 0. The van der Waals surface area contributed by atoms with Crippen LogP contribution in [-0.4, -0.2) is 16.2 Å². The van der Waals surface area contributed by atoms with Crippen molar-refractivity contribution >= 4 is 33.8 Å². The van der Waals surface area contributed by atoms with Crippen LogP contribution in [-0.2, 0) is 12.8 Å². The molecule has 4 rings (SSSR count). The lowest BCUT2D eigenvalue weighted by Gasteiger charge is -2.22. The highest BCUT2D eigenvalue weighted by Crippen LogP contribution is 2.30. The van der Waals surface area contributed by atoms with Crippen LogP contribution in [0.3, 0.4) is 0 Å². The van der Waals surface area contributed by atoms with E-state index in [0.717, 1.165) is 23.3 Å². The van der Waals surface area contributed by atoms with Crippen molar-refractivity contribution in [2.75, 3.05) is 5.32 Å². The number of hydrogen-bond acceptors (Lipinski definition) is 5. The highest BCUT2D eigenvalue weighted by atomic mass is 32.1. The number of aryl methyl sites for hydroxylation is 2. The van der Waals surface area contributed by atoms with Gasteiger partial charge in [0, 0.05) is 4.88 Å². The normalized spacial score (nSPS) is 14.6. The molecule has 25 heavy (non-hydrogen) atoms. The molecule has 0 saturated heterocycles. The van der Waals surface area contributed by atoms with Crippen molar-refractivity contribution in [3.63, 3.8) is 0 Å². The first-order chi connectivity index (χ1) is 12.3. The molecule has 1 unspecified atom stereocenters. The van der Waals surface area contributed by atoms with Crippen LogP contribution in [0, 0.1) is 0 Å². The van der Waals surface area contributed by atoms with Crippen molar-refractivity contribution in [3.8, 4) is 0 Å². The van der Waals surface area contributed by atoms with Crippen LogP contribution in [0.25, 0.3) is 0 Å². The Morgan fingerprint density at radius 3 is 2.76 bits per heavy atom. The summed E-state index contributed by atoms with van der Waals surface area (Å²) in [5.41, 5.74) is 5.57. The molecule has 1 aliphatic rings. The second-order valence-electron chi connectivity index (χ2n) is 6.03. The van der Waals surface area contributed by atoms with E-state index in [1.165, 1.54) is 35.3 Å². The van der Waals surface area contributed by atoms with Gasteiger partial charge in [-0.1, -0.05) is 35.6 Å². The van der Waals surface area contributed by atoms with Crippen LogP contribution in [0.15, 0.2) is 41.2 Å². The van der Waals surface area contributed by atoms with Crippen molar-refractivity contribution in [2.45, 2.75) is 31.7 Å². The zero-order valence-electron chi connectivity index (χ0n) is 13.6. The minimum Gasteiger partial charge on any atom is -0.326 e. The van der Waals surface area contributed by atoms with Crippen LogP contribution in [0.2, 0.25) is 0 Å². The third-order valence-corrected chi connectivity index (χ3v) is 5.93. The van der Waals surface area contributed by atoms with Crippen molar-refractivity contribution in [3.05, 3.63) is 62.8 Å². The first-order valence-electron chi connectivity index (χ1n) is 8.28. The number of amides is 2. The maximum Gasteiger partial charge on any atom is 0.321 e. The molecule has 0 aliphatic heterocycles. The lowest BCUT2D eigenvalue weighted by molar-refractivity contribution is 0.250. The molecule has 0 radical (unpaired) electrons. The van der Waals surface area contributed by atoms with Crippen molar-refractivity contribution in [2.24, 2.45) is 0 Å². The smallest absolute Gasteiger partial charge is 0.321 e. The van der Waals surface area contributed by atoms with Gasteiger partial charge >= 0.3 is 6.03 Å². The Morgan fingerprint density at radius 2 is 2.00 bits per heavy atom. The van der Waals surface area contributed by atoms with Crippen LogP contribution in [0.5, 0.6) is 0 Å². The van der Waals surface area contributed by atoms with Gasteiger partial charge in [-0.2, -0.15) is 0 Å². The highest BCUT2D eigenvalue weighted by Gasteiger charge is 2.20. The average Bonchev–Trinajstić information content (AvgIpc) is 3.33. The lowest BCUT2D eigenvalue weighted by atomic mass is 9.89. The minimum absolute atomic E-state index is 0.167. The summed E-state index contributed by atoms with van der Waals surface area (Å²) in [4.78, 5) is 13.5. The second kappa shape index (κ2) is 7.33. The van der Waals surface area contributed by atoms with E-state index in [4.69, 9.17) is 0 Å². The van der Waals surface area contributed by atoms with Gasteiger partial charge in [-0.05, 0) is 53.8 Å². The summed E-state index contributed by atoms with van der Waals surface area (Å²) < 4.78 is 0. The molecule has 3 aromatic rings. The third kappa shape index (κ3) is 3.72. The maximum absolute atomic E-state index is 12.4. The molecule has 5 nitrogen and oxygen atoms in total. The number of rotatable bonds is 4. The second-order valence-corrected chi connectivity index (χ2v) is 7.84. The van der Waals surface area contributed by atoms with Gasteiger partial charge in [-0.15, -0.1) is 21.5 Å². The number of nitrogens with one attached hydrogen (secondary N) is 2. The van der Waals surface area contributed by atoms with E-state index in [0.29, 0.717) is 5.13 Å². The fourth-order valence-corrected chi connectivity index (χ4v) is 4.44. The molecule has 2 N–H and O–H groups in total. The number of carbonyl (C=O) groups excluding carboxylic acids is 1. The van der Waals surface area contributed by atoms with Gasteiger partial charge in [0.2, 0.25) is 5.13 Å². The number of thiophene rings is 1. The molecule has 2 aromatic heterocycles. The Labute approximate surface area is 154 Å². The van der Waals surface area contributed by atoms with Gasteiger partial charge in [0.15, 0.2) is 0 Å². The van der Waals surface area contributed by atoms with E-state index in [1.807, 2.05) is 11.4 Å². The fourth-order valence-electron chi connectivity index (χ4n) is 3.20. The third-order valence-electron chi connectivity index (χ3n) is 4.39. The predicted molar refractivity (Wildman–Crippen MR) is 101 cm³/mol. The molecule has 0 spiro atoms. The maximum atomic E-state index is 12.4. The van der Waals surface area contributed by atoms with Crippen LogP contribution in [0.1, 0.15) is 40.5 Å². The molecule has 2 heterocycles. The van der Waals surface area contributed by atoms with Crippen LogP contribution in [0.4, 0.5) is 9.93 Å². The van der Waals surface area contributed by atoms with Crippen LogP contribution >= 0.6 is 22.7 Å². The van der Waals surface area contributed by atoms with Crippen molar-refractivity contribution in [1.82, 2.24) is 15.5 Å². The summed E-state index contributed by atoms with van der Waals surface area (Å²) in [5.74, 6) is 0. The molecule has 7 heteroatoms. The van der Waals surface area contributed by atoms with E-state index >= 15 is 0 Å². The van der Waals surface area contributed by atoms with Crippen molar-refractivity contribution in [1.29, 1.82) is 0 Å². The SMILES string of the molecule is O=C(Nc1nncs1)NC(c1ccc2c(c1)CCCC2)c1cccs1. The molecule has 1 aliphatic carbocycles. The first-order valence-corrected chi connectivity index (χ1v) is 10.0. The summed E-state index contributed by atoms with van der Waals surface area (Å²) in [6.07, 6.45) is 4.79. The minimum atomic E-state index is -0.270. The van der Waals surface area contributed by atoms with Gasteiger partial charge < -0.3 is 5.32 Å². The van der Waals surface area contributed by atoms with E-state index in [9.17, 15) is 4.79 Å². The topological polar surface area (TPSA) is 66.9 Å². The number of benzene rings is 1. The molecular weight excluding hydrogens is 352 g/mol. The summed E-state index contributed by atoms with van der Waals surface area (Å²) in [6, 6.07) is 10.2. The number of nitrogens with zero attached hydrogens (tertiary/aromatic N) is 2. The first kappa shape index (κ1) is 16.2. The largest absolute Gasteiger partial charge is 0.326 e. The molecule has 2 amide bonds. The highest BCUT2D eigenvalue weighted by molar-refractivity contribution is 7.13. The van der Waals surface area contributed by atoms with Gasteiger partial charge in [-0.3, -0.25) is 5.32 Å². The standard InChI is InChI=1S/C18H18N4OS2/c23-17(21-18-22-19-11-25-18)20-16(15-6-3-9-24-15)14-8-7-12-4-1-2-5-13(12)10-14/h3,6-11,16H,1-2,4-5H2,(H2,20,21,22,23). The monoisotopic (exact) mass is 370 g/mol. The Bertz CT molecular complexity index is 846. The summed E-state index contributed by atoms with van der Waals surface area (Å²) in [5, 5.41) is 15.9. The molecule has 0 fully saturated rings. The lowest BCUT2D eigenvalue weighted by Crippen LogP contribution is -2.33. The molecule has 1 atom stereocenters.